The van der Waals surface area contributed by atoms with Gasteiger partial charge in [-0.2, -0.15) is 0 Å². The molecule has 0 radical (unpaired) electrons. The van der Waals surface area contributed by atoms with Crippen molar-refractivity contribution in [3.63, 3.8) is 0 Å². The highest BCUT2D eigenvalue weighted by molar-refractivity contribution is 6.05. The van der Waals surface area contributed by atoms with Crippen molar-refractivity contribution < 1.29 is 19.0 Å². The van der Waals surface area contributed by atoms with E-state index in [1.807, 2.05) is 47.4 Å². The van der Waals surface area contributed by atoms with Crippen LogP contribution in [0.25, 0.3) is 0 Å². The zero-order valence-electron chi connectivity index (χ0n) is 19.6. The van der Waals surface area contributed by atoms with Crippen molar-refractivity contribution in [1.82, 2.24) is 0 Å². The summed E-state index contributed by atoms with van der Waals surface area (Å²) in [6.07, 6.45) is 1.30. The van der Waals surface area contributed by atoms with Crippen LogP contribution in [0.15, 0.2) is 54.6 Å². The molecule has 2 aromatic carbocycles. The number of benzene rings is 2. The highest BCUT2D eigenvalue weighted by Gasteiger charge is 2.65. The van der Waals surface area contributed by atoms with Crippen LogP contribution in [0.3, 0.4) is 0 Å². The van der Waals surface area contributed by atoms with Crippen LogP contribution in [0.2, 0.25) is 0 Å². The van der Waals surface area contributed by atoms with Crippen molar-refractivity contribution in [2.24, 2.45) is 17.3 Å². The zero-order chi connectivity index (χ0) is 22.7. The van der Waals surface area contributed by atoms with Crippen LogP contribution in [-0.2, 0) is 14.3 Å². The first-order valence-electron chi connectivity index (χ1n) is 11.5. The van der Waals surface area contributed by atoms with Gasteiger partial charge in [0.1, 0.15) is 5.75 Å². The predicted octanol–water partition coefficient (Wildman–Crippen LogP) is 5.01. The summed E-state index contributed by atoms with van der Waals surface area (Å²) in [7, 11) is 3.41. The quantitative estimate of drug-likeness (QED) is 0.599. The molecule has 1 amide bonds. The van der Waals surface area contributed by atoms with E-state index in [1.54, 1.807) is 14.2 Å². The number of β-lactam (4-membered cyclic amide) rings is 1. The van der Waals surface area contributed by atoms with Gasteiger partial charge >= 0.3 is 0 Å². The fraction of sp³-hybridized carbons (Fsp3) is 0.519. The molecular weight excluding hydrogens is 402 g/mol. The zero-order valence-corrected chi connectivity index (χ0v) is 19.6. The molecule has 0 N–H and O–H groups in total. The molecular formula is C27H33NO4. The third-order valence-electron chi connectivity index (χ3n) is 8.38. The van der Waals surface area contributed by atoms with E-state index in [9.17, 15) is 4.79 Å². The number of hydrogen-bond donors (Lipinski definition) is 0. The fourth-order valence-corrected chi connectivity index (χ4v) is 5.97. The first-order chi connectivity index (χ1) is 15.3. The van der Waals surface area contributed by atoms with Gasteiger partial charge in [-0.3, -0.25) is 9.69 Å². The lowest BCUT2D eigenvalue weighted by molar-refractivity contribution is -0.184. The Hall–Kier alpha value is -2.37. The van der Waals surface area contributed by atoms with Gasteiger partial charge in [-0.15, -0.1) is 0 Å². The van der Waals surface area contributed by atoms with Gasteiger partial charge < -0.3 is 14.2 Å². The van der Waals surface area contributed by atoms with E-state index in [1.165, 1.54) is 0 Å². The molecule has 2 aromatic rings. The van der Waals surface area contributed by atoms with Gasteiger partial charge in [-0.25, -0.2) is 0 Å². The lowest BCUT2D eigenvalue weighted by atomic mass is 9.82. The van der Waals surface area contributed by atoms with Gasteiger partial charge in [-0.1, -0.05) is 44.2 Å². The third kappa shape index (κ3) is 3.25. The molecule has 3 fully saturated rings. The minimum atomic E-state index is -0.516. The Labute approximate surface area is 190 Å². The Kier molecular flexibility index (Phi) is 5.10. The van der Waals surface area contributed by atoms with Gasteiger partial charge in [0.15, 0.2) is 6.10 Å². The number of fused-ring (bicyclic) bond motifs is 1. The van der Waals surface area contributed by atoms with Gasteiger partial charge in [0, 0.05) is 12.8 Å². The number of methoxy groups -OCH3 is 2. The number of carbonyl (C=O) groups is 1. The molecule has 1 heterocycles. The lowest BCUT2D eigenvalue weighted by Gasteiger charge is -2.50. The summed E-state index contributed by atoms with van der Waals surface area (Å²) in [4.78, 5) is 15.3. The number of anilines is 1. The van der Waals surface area contributed by atoms with Crippen molar-refractivity contribution in [3.05, 3.63) is 60.2 Å². The lowest BCUT2D eigenvalue weighted by Crippen LogP contribution is -2.63. The van der Waals surface area contributed by atoms with Crippen LogP contribution >= 0.6 is 0 Å². The molecule has 5 nitrogen and oxygen atoms in total. The monoisotopic (exact) mass is 435 g/mol. The number of rotatable bonds is 6. The second-order valence-electron chi connectivity index (χ2n) is 10.3. The van der Waals surface area contributed by atoms with Crippen molar-refractivity contribution in [3.8, 4) is 5.75 Å². The third-order valence-corrected chi connectivity index (χ3v) is 8.38. The highest BCUT2D eigenvalue weighted by Crippen LogP contribution is 2.67. The minimum Gasteiger partial charge on any atom is -0.497 e. The summed E-state index contributed by atoms with van der Waals surface area (Å²) in [6, 6.07) is 17.6. The summed E-state index contributed by atoms with van der Waals surface area (Å²) in [5.41, 5.74) is 1.88. The molecule has 0 unspecified atom stereocenters. The second kappa shape index (κ2) is 7.60. The SMILES string of the molecule is COc1ccc(N2C(=O)[C@H](O[C@@H]3C[C@@H]4[C@H](C[C@@]3(C)OC)C4(C)C)[C@@H]2c2ccccc2)cc1. The van der Waals surface area contributed by atoms with E-state index in [-0.39, 0.29) is 23.7 Å². The largest absolute Gasteiger partial charge is 0.497 e. The predicted molar refractivity (Wildman–Crippen MR) is 124 cm³/mol. The van der Waals surface area contributed by atoms with E-state index >= 15 is 0 Å². The smallest absolute Gasteiger partial charge is 0.259 e. The molecule has 170 valence electrons. The number of amides is 1. The molecule has 6 atom stereocenters. The summed E-state index contributed by atoms with van der Waals surface area (Å²) >= 11 is 0. The summed E-state index contributed by atoms with van der Waals surface area (Å²) in [5, 5.41) is 0. The summed E-state index contributed by atoms with van der Waals surface area (Å²) < 4.78 is 17.9. The maximum atomic E-state index is 13.4. The summed E-state index contributed by atoms with van der Waals surface area (Å²) in [5.74, 6) is 2.08. The van der Waals surface area contributed by atoms with E-state index in [2.05, 4.69) is 32.9 Å². The standard InChI is InChI=1S/C27H33NO4/c1-26(2)20-15-22(27(3,31-5)16-21(20)26)32-24-23(17-9-7-6-8-10-17)28(25(24)29)18-11-13-19(30-4)14-12-18/h6-14,20-24H,15-16H2,1-5H3/t20-,21+,22-,23+,24-,27-/m1/s1. The van der Waals surface area contributed by atoms with Gasteiger partial charge in [0.2, 0.25) is 0 Å². The molecule has 5 heteroatoms. The van der Waals surface area contributed by atoms with Crippen LogP contribution in [0.1, 0.15) is 45.2 Å². The Morgan fingerprint density at radius 2 is 1.62 bits per heavy atom. The molecule has 5 rings (SSSR count). The van der Waals surface area contributed by atoms with Crippen LogP contribution < -0.4 is 9.64 Å². The van der Waals surface area contributed by atoms with Crippen LogP contribution in [0.5, 0.6) is 5.75 Å². The van der Waals surface area contributed by atoms with Gasteiger partial charge in [-0.05, 0) is 66.8 Å². The summed E-state index contributed by atoms with van der Waals surface area (Å²) in [6.45, 7) is 6.82. The maximum absolute atomic E-state index is 13.4. The molecule has 2 aliphatic carbocycles. The van der Waals surface area contributed by atoms with Crippen LogP contribution in [-0.4, -0.2) is 37.9 Å². The Bertz CT molecular complexity index is 988. The molecule has 3 aliphatic rings. The maximum Gasteiger partial charge on any atom is 0.259 e. The molecule has 32 heavy (non-hydrogen) atoms. The number of ether oxygens (including phenoxy) is 3. The molecule has 0 bridgehead atoms. The molecule has 1 saturated heterocycles. The molecule has 1 aliphatic heterocycles. The van der Waals surface area contributed by atoms with Crippen molar-refractivity contribution in [1.29, 1.82) is 0 Å². The van der Waals surface area contributed by atoms with Crippen molar-refractivity contribution in [2.45, 2.75) is 57.5 Å². The van der Waals surface area contributed by atoms with E-state index in [0.717, 1.165) is 29.8 Å². The van der Waals surface area contributed by atoms with Crippen molar-refractivity contribution in [2.75, 3.05) is 19.1 Å². The minimum absolute atomic E-state index is 0.000321. The number of carbonyl (C=O) groups excluding carboxylic acids is 1. The Morgan fingerprint density at radius 1 is 0.938 bits per heavy atom. The normalized spacial score (nSPS) is 35.1. The molecule has 0 spiro atoms. The first-order valence-corrected chi connectivity index (χ1v) is 11.5. The topological polar surface area (TPSA) is 48.0 Å². The Balaban J connectivity index is 1.43. The van der Waals surface area contributed by atoms with Crippen LogP contribution in [0, 0.1) is 17.3 Å². The second-order valence-corrected chi connectivity index (χ2v) is 10.3. The molecule has 2 saturated carbocycles. The van der Waals surface area contributed by atoms with Crippen molar-refractivity contribution >= 4 is 11.6 Å². The fourth-order valence-electron chi connectivity index (χ4n) is 5.97. The first kappa shape index (κ1) is 21.5. The van der Waals surface area contributed by atoms with Gasteiger partial charge in [0.25, 0.3) is 5.91 Å². The number of nitrogens with zero attached hydrogens (tertiary/aromatic N) is 1. The molecule has 0 aromatic heterocycles. The average Bonchev–Trinajstić information content (AvgIpc) is 3.34. The van der Waals surface area contributed by atoms with E-state index < -0.39 is 6.10 Å². The van der Waals surface area contributed by atoms with E-state index in [0.29, 0.717) is 17.3 Å². The Morgan fingerprint density at radius 3 is 2.25 bits per heavy atom. The van der Waals surface area contributed by atoms with Crippen LogP contribution in [0.4, 0.5) is 5.69 Å². The number of hydrogen-bond acceptors (Lipinski definition) is 4. The average molecular weight is 436 g/mol. The van der Waals surface area contributed by atoms with Gasteiger partial charge in [0.05, 0.1) is 24.9 Å². The van der Waals surface area contributed by atoms with E-state index in [4.69, 9.17) is 14.2 Å². The highest BCUT2D eigenvalue weighted by atomic mass is 16.6.